The van der Waals surface area contributed by atoms with Crippen molar-refractivity contribution in [2.75, 3.05) is 70.8 Å². The van der Waals surface area contributed by atoms with E-state index in [1.807, 2.05) is 63.9 Å². The summed E-state index contributed by atoms with van der Waals surface area (Å²) in [6.07, 6.45) is 5.44. The zero-order chi connectivity index (χ0) is 26.5. The molecule has 0 atom stereocenters. The van der Waals surface area contributed by atoms with Gasteiger partial charge in [0.05, 0.1) is 30.6 Å². The van der Waals surface area contributed by atoms with Crippen molar-refractivity contribution in [3.63, 3.8) is 0 Å². The van der Waals surface area contributed by atoms with Crippen LogP contribution in [0.3, 0.4) is 0 Å². The molecule has 1 saturated heterocycles. The number of nitrogens with zero attached hydrogens (tertiary/aromatic N) is 6. The molecule has 0 radical (unpaired) electrons. The number of fused-ring (bicyclic) bond motifs is 1. The third kappa shape index (κ3) is 6.16. The lowest BCUT2D eigenvalue weighted by atomic mass is 10.0. The number of ether oxygens (including phenoxy) is 1. The van der Waals surface area contributed by atoms with Gasteiger partial charge in [-0.25, -0.2) is 4.98 Å². The van der Waals surface area contributed by atoms with Crippen LogP contribution in [0.5, 0.6) is 0 Å². The first kappa shape index (κ1) is 25.8. The van der Waals surface area contributed by atoms with Crippen molar-refractivity contribution in [1.82, 2.24) is 30.0 Å². The van der Waals surface area contributed by atoms with E-state index in [1.54, 1.807) is 6.20 Å². The van der Waals surface area contributed by atoms with Crippen LogP contribution in [0.2, 0.25) is 0 Å². The summed E-state index contributed by atoms with van der Waals surface area (Å²) >= 11 is 0. The number of rotatable bonds is 9. The lowest BCUT2D eigenvalue weighted by Gasteiger charge is -2.26. The first-order valence-electron chi connectivity index (χ1n) is 12.8. The number of benzene rings is 1. The predicted molar refractivity (Wildman–Crippen MR) is 149 cm³/mol. The molecule has 1 amide bonds. The first-order chi connectivity index (χ1) is 18.5. The van der Waals surface area contributed by atoms with E-state index in [-0.39, 0.29) is 5.91 Å². The molecule has 198 valence electrons. The molecule has 3 aromatic heterocycles. The number of aromatic nitrogens is 4. The molecule has 1 fully saturated rings. The molecule has 4 aromatic rings. The molecule has 10 heteroatoms. The van der Waals surface area contributed by atoms with Gasteiger partial charge >= 0.3 is 0 Å². The Morgan fingerprint density at radius 2 is 1.87 bits per heavy atom. The quantitative estimate of drug-likeness (QED) is 0.351. The third-order valence-electron chi connectivity index (χ3n) is 6.70. The molecule has 2 N–H and O–H groups in total. The molecule has 0 unspecified atom stereocenters. The zero-order valence-corrected chi connectivity index (χ0v) is 22.1. The van der Waals surface area contributed by atoms with Crippen LogP contribution in [0.4, 0.5) is 11.5 Å². The molecule has 4 heterocycles. The molecule has 0 aliphatic carbocycles. The van der Waals surface area contributed by atoms with Crippen molar-refractivity contribution >= 4 is 28.3 Å². The highest BCUT2D eigenvalue weighted by Crippen LogP contribution is 2.26. The van der Waals surface area contributed by atoms with E-state index in [1.165, 1.54) is 0 Å². The topological polar surface area (TPSA) is 103 Å². The van der Waals surface area contributed by atoms with Gasteiger partial charge in [0.2, 0.25) is 0 Å². The van der Waals surface area contributed by atoms with E-state index in [9.17, 15) is 4.79 Å². The molecule has 0 spiro atoms. The van der Waals surface area contributed by atoms with Gasteiger partial charge in [0.25, 0.3) is 5.91 Å². The highest BCUT2D eigenvalue weighted by atomic mass is 16.5. The monoisotopic (exact) mass is 514 g/mol. The summed E-state index contributed by atoms with van der Waals surface area (Å²) in [6.45, 7) is 6.01. The number of amides is 1. The number of H-pyrrole nitrogens is 1. The molecular weight excluding hydrogens is 480 g/mol. The number of morpholine rings is 1. The fraction of sp³-hybridized carbons (Fsp3) is 0.357. The number of anilines is 2. The maximum absolute atomic E-state index is 13.1. The Labute approximate surface area is 222 Å². The van der Waals surface area contributed by atoms with Gasteiger partial charge in [-0.1, -0.05) is 6.07 Å². The van der Waals surface area contributed by atoms with Crippen LogP contribution in [0.25, 0.3) is 22.0 Å². The van der Waals surface area contributed by atoms with Crippen molar-refractivity contribution in [3.05, 3.63) is 66.2 Å². The van der Waals surface area contributed by atoms with Crippen LogP contribution in [-0.2, 0) is 11.3 Å². The third-order valence-corrected chi connectivity index (χ3v) is 6.70. The summed E-state index contributed by atoms with van der Waals surface area (Å²) in [5, 5.41) is 11.0. The van der Waals surface area contributed by atoms with E-state index >= 15 is 0 Å². The second-order valence-corrected chi connectivity index (χ2v) is 9.89. The normalized spacial score (nSPS) is 14.2. The SMILES string of the molecule is CN(C)CCN(C)c1ccc(NC(=O)c2n[nH]c3ccc(-c4cncc(CN5CCOCC5)c4)cc23)cn1. The zero-order valence-electron chi connectivity index (χ0n) is 22.1. The Morgan fingerprint density at radius 1 is 1.03 bits per heavy atom. The largest absolute Gasteiger partial charge is 0.379 e. The summed E-state index contributed by atoms with van der Waals surface area (Å²) in [5.41, 5.74) is 4.89. The van der Waals surface area contributed by atoms with Crippen molar-refractivity contribution in [3.8, 4) is 11.1 Å². The van der Waals surface area contributed by atoms with Crippen LogP contribution in [0.1, 0.15) is 16.1 Å². The van der Waals surface area contributed by atoms with Crippen LogP contribution >= 0.6 is 0 Å². The number of likely N-dealkylation sites (N-methyl/N-ethyl adjacent to an activating group) is 2. The Hall–Kier alpha value is -3.86. The van der Waals surface area contributed by atoms with Crippen LogP contribution in [0, 0.1) is 0 Å². The number of carbonyl (C=O) groups excluding carboxylic acids is 1. The number of nitrogens with one attached hydrogen (secondary N) is 2. The number of carbonyl (C=O) groups is 1. The Bertz CT molecular complexity index is 1380. The Balaban J connectivity index is 1.30. The number of hydrogen-bond donors (Lipinski definition) is 2. The summed E-state index contributed by atoms with van der Waals surface area (Å²) in [5.74, 6) is 0.562. The second-order valence-electron chi connectivity index (χ2n) is 9.89. The standard InChI is InChI=1S/C28H34N8O2/c1-34(2)8-9-35(3)26-7-5-23(18-30-26)31-28(37)27-24-15-21(4-6-25(24)32-33-27)22-14-20(16-29-17-22)19-36-10-12-38-13-11-36/h4-7,14-18H,8-13,19H2,1-3H3,(H,31,37)(H,32,33). The summed E-state index contributed by atoms with van der Waals surface area (Å²) < 4.78 is 5.46. The van der Waals surface area contributed by atoms with Gasteiger partial charge < -0.3 is 19.9 Å². The molecule has 1 aliphatic rings. The molecule has 38 heavy (non-hydrogen) atoms. The lowest BCUT2D eigenvalue weighted by molar-refractivity contribution is 0.0341. The minimum atomic E-state index is -0.289. The fourth-order valence-corrected chi connectivity index (χ4v) is 4.46. The lowest BCUT2D eigenvalue weighted by Crippen LogP contribution is -2.35. The van der Waals surface area contributed by atoms with E-state index in [0.29, 0.717) is 11.4 Å². The van der Waals surface area contributed by atoms with Gasteiger partial charge in [0.15, 0.2) is 5.69 Å². The molecule has 0 saturated carbocycles. The van der Waals surface area contributed by atoms with Crippen molar-refractivity contribution in [2.45, 2.75) is 6.54 Å². The van der Waals surface area contributed by atoms with E-state index in [0.717, 1.165) is 79.3 Å². The number of pyridine rings is 2. The van der Waals surface area contributed by atoms with Crippen LogP contribution in [-0.4, -0.2) is 96.4 Å². The van der Waals surface area contributed by atoms with Gasteiger partial charge in [-0.3, -0.25) is 19.8 Å². The molecule has 1 aliphatic heterocycles. The van der Waals surface area contributed by atoms with Gasteiger partial charge in [0, 0.05) is 63.1 Å². The van der Waals surface area contributed by atoms with E-state index in [2.05, 4.69) is 46.2 Å². The number of aromatic amines is 1. The second kappa shape index (κ2) is 11.7. The summed E-state index contributed by atoms with van der Waals surface area (Å²) in [6, 6.07) is 11.9. The Morgan fingerprint density at radius 3 is 2.63 bits per heavy atom. The van der Waals surface area contributed by atoms with Gasteiger partial charge in [-0.2, -0.15) is 5.10 Å². The smallest absolute Gasteiger partial charge is 0.276 e. The molecule has 10 nitrogen and oxygen atoms in total. The Kier molecular flexibility index (Phi) is 7.92. The van der Waals surface area contributed by atoms with Crippen LogP contribution < -0.4 is 10.2 Å². The molecule has 1 aromatic carbocycles. The van der Waals surface area contributed by atoms with E-state index in [4.69, 9.17) is 4.74 Å². The average molecular weight is 515 g/mol. The van der Waals surface area contributed by atoms with Crippen molar-refractivity contribution in [2.24, 2.45) is 0 Å². The van der Waals surface area contributed by atoms with E-state index < -0.39 is 0 Å². The van der Waals surface area contributed by atoms with Gasteiger partial charge in [0.1, 0.15) is 5.82 Å². The molecule has 5 rings (SSSR count). The van der Waals surface area contributed by atoms with Crippen molar-refractivity contribution in [1.29, 1.82) is 0 Å². The van der Waals surface area contributed by atoms with Crippen LogP contribution in [0.15, 0.2) is 55.0 Å². The molecule has 0 bridgehead atoms. The number of hydrogen-bond acceptors (Lipinski definition) is 8. The highest BCUT2D eigenvalue weighted by Gasteiger charge is 2.17. The average Bonchev–Trinajstić information content (AvgIpc) is 3.36. The maximum Gasteiger partial charge on any atom is 0.276 e. The predicted octanol–water partition coefficient (Wildman–Crippen LogP) is 3.10. The van der Waals surface area contributed by atoms with Crippen molar-refractivity contribution < 1.29 is 9.53 Å². The van der Waals surface area contributed by atoms with Gasteiger partial charge in [-0.15, -0.1) is 0 Å². The maximum atomic E-state index is 13.1. The fourth-order valence-electron chi connectivity index (χ4n) is 4.46. The minimum Gasteiger partial charge on any atom is -0.379 e. The highest BCUT2D eigenvalue weighted by molar-refractivity contribution is 6.11. The summed E-state index contributed by atoms with van der Waals surface area (Å²) in [7, 11) is 6.09. The molecular formula is C28H34N8O2. The first-order valence-corrected chi connectivity index (χ1v) is 12.8. The summed E-state index contributed by atoms with van der Waals surface area (Å²) in [4.78, 5) is 28.7. The minimum absolute atomic E-state index is 0.289. The van der Waals surface area contributed by atoms with Gasteiger partial charge in [-0.05, 0) is 55.6 Å².